The highest BCUT2D eigenvalue weighted by Crippen LogP contribution is 2.37. The molecule has 3 rings (SSSR count). The van der Waals surface area contributed by atoms with E-state index in [-0.39, 0.29) is 10.8 Å². The molecule has 0 aromatic heterocycles. The molecule has 0 fully saturated rings. The zero-order chi connectivity index (χ0) is 29.7. The van der Waals surface area contributed by atoms with Crippen molar-refractivity contribution in [3.05, 3.63) is 104 Å². The molecule has 0 spiro atoms. The third kappa shape index (κ3) is 10.5. The fraction of sp³-hybridized carbons (Fsp3) is 0.438. The fourth-order valence-corrected chi connectivity index (χ4v) is 5.26. The van der Waals surface area contributed by atoms with E-state index in [0.717, 1.165) is 21.7 Å². The van der Waals surface area contributed by atoms with Gasteiger partial charge < -0.3 is 0 Å². The molecule has 0 aliphatic carbocycles. The van der Waals surface area contributed by atoms with Gasteiger partial charge in [0.05, 0.1) is 5.56 Å². The maximum Gasteiger partial charge on any atom is 0.416 e. The molecule has 0 N–H and O–H groups in total. The normalized spacial score (nSPS) is 12.2. The summed E-state index contributed by atoms with van der Waals surface area (Å²) in [5, 5.41) is 2.31. The van der Waals surface area contributed by atoms with E-state index >= 15 is 0 Å². The van der Waals surface area contributed by atoms with Crippen LogP contribution in [0.5, 0.6) is 0 Å². The molecule has 3 aromatic carbocycles. The van der Waals surface area contributed by atoms with Gasteiger partial charge in [-0.15, -0.1) is 0 Å². The summed E-state index contributed by atoms with van der Waals surface area (Å²) in [6.07, 6.45) is -4.26. The van der Waals surface area contributed by atoms with Gasteiger partial charge in [-0.05, 0) is 69.7 Å². The Bertz CT molecular complexity index is 1140. The Hall–Kier alpha value is -1.68. The molecule has 0 aliphatic heterocycles. The van der Waals surface area contributed by atoms with Crippen molar-refractivity contribution in [3.63, 3.8) is 0 Å². The van der Waals surface area contributed by atoms with E-state index in [1.54, 1.807) is 32.9 Å². The lowest BCUT2D eigenvalue weighted by molar-refractivity contribution is -0.138. The molecule has 0 unspecified atom stereocenters. The van der Waals surface area contributed by atoms with Crippen LogP contribution in [0.1, 0.15) is 90.1 Å². The van der Waals surface area contributed by atoms with Crippen LogP contribution in [0.3, 0.4) is 0 Å². The molecule has 0 nitrogen and oxygen atoms in total. The van der Waals surface area contributed by atoms with E-state index in [9.17, 15) is 13.2 Å². The number of benzene rings is 3. The van der Waals surface area contributed by atoms with Crippen LogP contribution in [0.2, 0.25) is 15.1 Å². The van der Waals surface area contributed by atoms with Crippen molar-refractivity contribution in [2.75, 3.05) is 0 Å². The Balaban J connectivity index is 0.000000286. The Kier molecular flexibility index (Phi) is 11.9. The number of alkyl halides is 3. The summed E-state index contributed by atoms with van der Waals surface area (Å²) in [4.78, 5) is 0. The summed E-state index contributed by atoms with van der Waals surface area (Å²) < 4.78 is 37.7. The van der Waals surface area contributed by atoms with Gasteiger partial charge in [0.1, 0.15) is 0 Å². The maximum atomic E-state index is 12.6. The monoisotopic (exact) mass is 586 g/mol. The molecule has 6 heteroatoms. The summed E-state index contributed by atoms with van der Waals surface area (Å²) in [7, 11) is 0. The Morgan fingerprint density at radius 3 is 1.37 bits per heavy atom. The number of halogens is 6. The van der Waals surface area contributed by atoms with Crippen molar-refractivity contribution in [3.8, 4) is 0 Å². The minimum absolute atomic E-state index is 0.0850. The third-order valence-electron chi connectivity index (χ3n) is 5.75. The zero-order valence-electron chi connectivity index (χ0n) is 24.0. The summed E-state index contributed by atoms with van der Waals surface area (Å²) >= 11 is 17.9. The average molecular weight is 588 g/mol. The highest BCUT2D eigenvalue weighted by Gasteiger charge is 2.35. The first kappa shape index (κ1) is 34.3. The van der Waals surface area contributed by atoms with Crippen molar-refractivity contribution in [1.82, 2.24) is 0 Å². The highest BCUT2D eigenvalue weighted by atomic mass is 35.5. The summed E-state index contributed by atoms with van der Waals surface area (Å²) in [5.41, 5.74) is 3.21. The van der Waals surface area contributed by atoms with E-state index in [1.165, 1.54) is 23.3 Å². The zero-order valence-corrected chi connectivity index (χ0v) is 26.3. The second-order valence-corrected chi connectivity index (χ2v) is 13.6. The van der Waals surface area contributed by atoms with E-state index in [0.29, 0.717) is 10.6 Å². The predicted molar refractivity (Wildman–Crippen MR) is 160 cm³/mol. The number of aryl methyl sites for hydroxylation is 1. The van der Waals surface area contributed by atoms with Crippen LogP contribution in [0.25, 0.3) is 0 Å². The van der Waals surface area contributed by atoms with Crippen LogP contribution >= 0.6 is 34.8 Å². The van der Waals surface area contributed by atoms with Crippen molar-refractivity contribution < 1.29 is 13.2 Å². The van der Waals surface area contributed by atoms with Crippen molar-refractivity contribution in [1.29, 1.82) is 0 Å². The van der Waals surface area contributed by atoms with Gasteiger partial charge in [0, 0.05) is 15.1 Å². The van der Waals surface area contributed by atoms with E-state index < -0.39 is 17.2 Å². The largest absolute Gasteiger partial charge is 0.416 e. The molecule has 0 saturated heterocycles. The molecule has 210 valence electrons. The molecule has 0 bridgehead atoms. The first-order valence-corrected chi connectivity index (χ1v) is 13.6. The Morgan fingerprint density at radius 1 is 0.526 bits per heavy atom. The Morgan fingerprint density at radius 2 is 1.03 bits per heavy atom. The minimum atomic E-state index is -4.26. The van der Waals surface area contributed by atoms with Gasteiger partial charge in [-0.3, -0.25) is 0 Å². The van der Waals surface area contributed by atoms with Crippen LogP contribution in [0.4, 0.5) is 13.2 Å². The smallest absolute Gasteiger partial charge is 0.166 e. The van der Waals surface area contributed by atoms with E-state index in [2.05, 4.69) is 54.5 Å². The van der Waals surface area contributed by atoms with Gasteiger partial charge >= 0.3 is 6.18 Å². The molecule has 0 aliphatic rings. The van der Waals surface area contributed by atoms with Gasteiger partial charge in [0.25, 0.3) is 0 Å². The standard InChI is InChI=1S/C11H15Cl.C11H13F3.C10H12Cl2/c1-8-6-5-7-9(12)10(8)11(2,3)4;1-10(2,3)8-6-4-5-7-9(8)11(12,13)14;1-10(2,3)8-5-4-7(11)6-9(8)12/h5-7H,1-4H3;4-7H,1-3H3;4-6H,1-3H3. The van der Waals surface area contributed by atoms with Gasteiger partial charge in [-0.2, -0.15) is 13.2 Å². The van der Waals surface area contributed by atoms with Crippen LogP contribution in [-0.4, -0.2) is 0 Å². The van der Waals surface area contributed by atoms with Crippen molar-refractivity contribution in [2.24, 2.45) is 0 Å². The highest BCUT2D eigenvalue weighted by molar-refractivity contribution is 6.35. The van der Waals surface area contributed by atoms with Crippen LogP contribution in [0, 0.1) is 6.92 Å². The number of hydrogen-bond acceptors (Lipinski definition) is 0. The predicted octanol–water partition coefficient (Wildman–Crippen LogP) is 12.2. The van der Waals surface area contributed by atoms with Gasteiger partial charge in [-0.1, -0.05) is 134 Å². The first-order valence-electron chi connectivity index (χ1n) is 12.4. The lowest BCUT2D eigenvalue weighted by atomic mass is 9.83. The average Bonchev–Trinajstić information content (AvgIpc) is 2.71. The second kappa shape index (κ2) is 13.1. The van der Waals surface area contributed by atoms with Gasteiger partial charge in [0.15, 0.2) is 0 Å². The fourth-order valence-electron chi connectivity index (χ4n) is 4.06. The van der Waals surface area contributed by atoms with Crippen LogP contribution in [-0.2, 0) is 22.4 Å². The van der Waals surface area contributed by atoms with Crippen molar-refractivity contribution >= 4 is 34.8 Å². The molecular weight excluding hydrogens is 548 g/mol. The molecule has 0 atom stereocenters. The van der Waals surface area contributed by atoms with Gasteiger partial charge in [0.2, 0.25) is 0 Å². The molecule has 38 heavy (non-hydrogen) atoms. The Labute approximate surface area is 242 Å². The van der Waals surface area contributed by atoms with Crippen LogP contribution in [0.15, 0.2) is 60.7 Å². The van der Waals surface area contributed by atoms with Crippen molar-refractivity contribution in [2.45, 2.75) is 91.7 Å². The lowest BCUT2D eigenvalue weighted by Crippen LogP contribution is -2.19. The SMILES string of the molecule is CC(C)(C)c1ccc(Cl)cc1Cl.CC(C)(C)c1ccccc1C(F)(F)F.Cc1cccc(Cl)c1C(C)(C)C. The third-order valence-corrected chi connectivity index (χ3v) is 6.61. The number of rotatable bonds is 0. The van der Waals surface area contributed by atoms with Gasteiger partial charge in [-0.25, -0.2) is 0 Å². The van der Waals surface area contributed by atoms with Crippen LogP contribution < -0.4 is 0 Å². The molecule has 0 saturated carbocycles. The summed E-state index contributed by atoms with van der Waals surface area (Å²) in [6, 6.07) is 17.4. The molecule has 0 amide bonds. The van der Waals surface area contributed by atoms with E-state index in [4.69, 9.17) is 34.8 Å². The lowest BCUT2D eigenvalue weighted by Gasteiger charge is -2.23. The second-order valence-electron chi connectivity index (χ2n) is 12.3. The number of hydrogen-bond donors (Lipinski definition) is 0. The molecular formula is C32H40Cl3F3. The summed E-state index contributed by atoms with van der Waals surface area (Å²) in [6.45, 7) is 20.4. The molecule has 3 aromatic rings. The summed E-state index contributed by atoms with van der Waals surface area (Å²) in [5.74, 6) is 0. The molecule has 0 radical (unpaired) electrons. The maximum absolute atomic E-state index is 12.6. The van der Waals surface area contributed by atoms with E-state index in [1.807, 2.05) is 24.3 Å². The topological polar surface area (TPSA) is 0 Å². The quantitative estimate of drug-likeness (QED) is 0.245. The molecule has 0 heterocycles. The minimum Gasteiger partial charge on any atom is -0.166 e. The first-order chi connectivity index (χ1) is 17.1.